The summed E-state index contributed by atoms with van der Waals surface area (Å²) in [7, 11) is 0. The number of hydrogen-bond donors (Lipinski definition) is 0. The molecular weight excluding hydrogens is 158 g/mol. The third-order valence-corrected chi connectivity index (χ3v) is 1.51. The van der Waals surface area contributed by atoms with E-state index in [0.717, 1.165) is 11.6 Å². The van der Waals surface area contributed by atoms with Crippen LogP contribution in [0.1, 0.15) is 6.92 Å². The normalized spacial score (nSPS) is 11.6. The van der Waals surface area contributed by atoms with Crippen LogP contribution in [0, 0.1) is 0 Å². The standard InChI is InChI=1S/C9H11ClN/c1-9(10)5-8-11-6-3-2-4-7-11/h2-7H,8H2,1H3/q+1. The van der Waals surface area contributed by atoms with Crippen LogP contribution in [0.5, 0.6) is 0 Å². The molecular formula is C9H11ClN+. The Kier molecular flexibility index (Phi) is 3.12. The number of aromatic nitrogens is 1. The summed E-state index contributed by atoms with van der Waals surface area (Å²) >= 11 is 5.68. The van der Waals surface area contributed by atoms with Gasteiger partial charge in [0.05, 0.1) is 0 Å². The minimum absolute atomic E-state index is 0.835. The fourth-order valence-electron chi connectivity index (χ4n) is 0.787. The van der Waals surface area contributed by atoms with E-state index in [1.54, 1.807) is 0 Å². The van der Waals surface area contributed by atoms with Gasteiger partial charge in [0, 0.05) is 17.2 Å². The molecule has 0 aliphatic carbocycles. The molecule has 0 fully saturated rings. The Hall–Kier alpha value is -0.820. The van der Waals surface area contributed by atoms with Gasteiger partial charge < -0.3 is 0 Å². The van der Waals surface area contributed by atoms with E-state index in [9.17, 15) is 0 Å². The first-order valence-corrected chi connectivity index (χ1v) is 3.93. The lowest BCUT2D eigenvalue weighted by Gasteiger charge is -1.89. The molecule has 0 bridgehead atoms. The summed E-state index contributed by atoms with van der Waals surface area (Å²) < 4.78 is 2.06. The highest BCUT2D eigenvalue weighted by Crippen LogP contribution is 1.95. The first-order chi connectivity index (χ1) is 5.29. The lowest BCUT2D eigenvalue weighted by atomic mass is 10.4. The quantitative estimate of drug-likeness (QED) is 0.596. The van der Waals surface area contributed by atoms with Crippen LogP contribution in [0.15, 0.2) is 41.7 Å². The molecule has 0 aromatic carbocycles. The van der Waals surface area contributed by atoms with E-state index in [4.69, 9.17) is 11.6 Å². The maximum Gasteiger partial charge on any atom is 0.169 e. The Bertz CT molecular complexity index is 237. The van der Waals surface area contributed by atoms with Crippen LogP contribution in [0.3, 0.4) is 0 Å². The minimum atomic E-state index is 0.835. The van der Waals surface area contributed by atoms with Crippen molar-refractivity contribution in [2.75, 3.05) is 0 Å². The van der Waals surface area contributed by atoms with Gasteiger partial charge in [0.2, 0.25) is 0 Å². The van der Waals surface area contributed by atoms with Crippen LogP contribution in [0.2, 0.25) is 0 Å². The molecule has 2 heteroatoms. The summed E-state index contributed by atoms with van der Waals surface area (Å²) in [5.41, 5.74) is 0. The number of allylic oxidation sites excluding steroid dienone is 2. The van der Waals surface area contributed by atoms with Crippen LogP contribution in [-0.4, -0.2) is 0 Å². The first-order valence-electron chi connectivity index (χ1n) is 3.55. The highest BCUT2D eigenvalue weighted by Gasteiger charge is 1.92. The van der Waals surface area contributed by atoms with Crippen molar-refractivity contribution in [1.82, 2.24) is 0 Å². The third kappa shape index (κ3) is 3.19. The van der Waals surface area contributed by atoms with Crippen LogP contribution in [0.4, 0.5) is 0 Å². The van der Waals surface area contributed by atoms with Gasteiger partial charge in [-0.15, -0.1) is 0 Å². The zero-order valence-corrected chi connectivity index (χ0v) is 7.25. The third-order valence-electron chi connectivity index (χ3n) is 1.36. The van der Waals surface area contributed by atoms with E-state index in [1.807, 2.05) is 43.6 Å². The van der Waals surface area contributed by atoms with Crippen molar-refractivity contribution in [3.05, 3.63) is 41.7 Å². The first kappa shape index (κ1) is 8.28. The lowest BCUT2D eigenvalue weighted by molar-refractivity contribution is -0.687. The number of nitrogens with zero attached hydrogens (tertiary/aromatic N) is 1. The molecule has 0 unspecified atom stereocenters. The Morgan fingerprint density at radius 1 is 1.36 bits per heavy atom. The van der Waals surface area contributed by atoms with Gasteiger partial charge in [-0.3, -0.25) is 0 Å². The topological polar surface area (TPSA) is 3.88 Å². The molecule has 1 rings (SSSR count). The van der Waals surface area contributed by atoms with Crippen molar-refractivity contribution < 1.29 is 4.57 Å². The molecule has 0 aliphatic rings. The molecule has 11 heavy (non-hydrogen) atoms. The van der Waals surface area contributed by atoms with Crippen LogP contribution in [-0.2, 0) is 6.54 Å². The fraction of sp³-hybridized carbons (Fsp3) is 0.222. The molecule has 0 N–H and O–H groups in total. The Labute approximate surface area is 71.9 Å². The molecule has 0 atom stereocenters. The van der Waals surface area contributed by atoms with Crippen molar-refractivity contribution in [2.24, 2.45) is 0 Å². The zero-order valence-electron chi connectivity index (χ0n) is 6.50. The van der Waals surface area contributed by atoms with E-state index in [2.05, 4.69) is 4.57 Å². The average molecular weight is 169 g/mol. The average Bonchev–Trinajstić information content (AvgIpc) is 2.03. The number of rotatable bonds is 2. The summed E-state index contributed by atoms with van der Waals surface area (Å²) in [5.74, 6) is 0. The lowest BCUT2D eigenvalue weighted by Crippen LogP contribution is -2.31. The summed E-state index contributed by atoms with van der Waals surface area (Å²) in [6.07, 6.45) is 5.99. The molecule has 1 aromatic rings. The van der Waals surface area contributed by atoms with Crippen molar-refractivity contribution in [3.8, 4) is 0 Å². The molecule has 0 spiro atoms. The second-order valence-corrected chi connectivity index (χ2v) is 2.96. The van der Waals surface area contributed by atoms with E-state index in [-0.39, 0.29) is 0 Å². The molecule has 1 nitrogen and oxygen atoms in total. The van der Waals surface area contributed by atoms with Crippen molar-refractivity contribution in [2.45, 2.75) is 13.5 Å². The van der Waals surface area contributed by atoms with Crippen molar-refractivity contribution in [1.29, 1.82) is 0 Å². The van der Waals surface area contributed by atoms with E-state index < -0.39 is 0 Å². The number of hydrogen-bond acceptors (Lipinski definition) is 0. The Balaban J connectivity index is 2.59. The monoisotopic (exact) mass is 168 g/mol. The summed E-state index contributed by atoms with van der Waals surface area (Å²) in [6, 6.07) is 5.99. The van der Waals surface area contributed by atoms with Crippen LogP contribution >= 0.6 is 11.6 Å². The molecule has 0 saturated heterocycles. The van der Waals surface area contributed by atoms with Crippen molar-refractivity contribution >= 4 is 11.6 Å². The summed E-state index contributed by atoms with van der Waals surface area (Å²) in [6.45, 7) is 2.72. The van der Waals surface area contributed by atoms with Crippen molar-refractivity contribution in [3.63, 3.8) is 0 Å². The highest BCUT2D eigenvalue weighted by atomic mass is 35.5. The molecule has 0 aliphatic heterocycles. The van der Waals surface area contributed by atoms with Gasteiger partial charge in [-0.25, -0.2) is 4.57 Å². The van der Waals surface area contributed by atoms with Crippen LogP contribution in [0.25, 0.3) is 0 Å². The van der Waals surface area contributed by atoms with E-state index in [1.165, 1.54) is 0 Å². The zero-order chi connectivity index (χ0) is 8.10. The Morgan fingerprint density at radius 3 is 2.55 bits per heavy atom. The minimum Gasteiger partial charge on any atom is -0.201 e. The van der Waals surface area contributed by atoms with E-state index >= 15 is 0 Å². The second kappa shape index (κ2) is 4.14. The largest absolute Gasteiger partial charge is 0.201 e. The smallest absolute Gasteiger partial charge is 0.169 e. The Morgan fingerprint density at radius 2 is 2.00 bits per heavy atom. The summed E-state index contributed by atoms with van der Waals surface area (Å²) in [4.78, 5) is 0. The predicted octanol–water partition coefficient (Wildman–Crippen LogP) is 2.12. The van der Waals surface area contributed by atoms with Gasteiger partial charge in [-0.2, -0.15) is 0 Å². The predicted molar refractivity (Wildman–Crippen MR) is 46.2 cm³/mol. The molecule has 0 saturated carbocycles. The van der Waals surface area contributed by atoms with Gasteiger partial charge in [0.25, 0.3) is 0 Å². The maximum atomic E-state index is 5.68. The second-order valence-electron chi connectivity index (χ2n) is 2.36. The molecule has 1 heterocycles. The van der Waals surface area contributed by atoms with Gasteiger partial charge in [0.1, 0.15) is 0 Å². The van der Waals surface area contributed by atoms with Crippen LogP contribution < -0.4 is 4.57 Å². The number of pyridine rings is 1. The molecule has 58 valence electrons. The van der Waals surface area contributed by atoms with Gasteiger partial charge in [-0.1, -0.05) is 17.7 Å². The molecule has 1 aromatic heterocycles. The maximum absolute atomic E-state index is 5.68. The molecule has 0 radical (unpaired) electrons. The fourth-order valence-corrected chi connectivity index (χ4v) is 0.856. The number of halogens is 1. The van der Waals surface area contributed by atoms with Gasteiger partial charge in [-0.05, 0) is 13.0 Å². The highest BCUT2D eigenvalue weighted by molar-refractivity contribution is 6.29. The summed E-state index contributed by atoms with van der Waals surface area (Å²) in [5, 5.41) is 0.835. The SMILES string of the molecule is CC(Cl)=CC[n+]1ccccc1. The van der Waals surface area contributed by atoms with Gasteiger partial charge >= 0.3 is 0 Å². The van der Waals surface area contributed by atoms with E-state index in [0.29, 0.717) is 0 Å². The van der Waals surface area contributed by atoms with Gasteiger partial charge in [0.15, 0.2) is 18.9 Å². The molecule has 0 amide bonds.